The number of nitrogens with one attached hydrogen (secondary N) is 1. The third-order valence-electron chi connectivity index (χ3n) is 3.81. The van der Waals surface area contributed by atoms with Gasteiger partial charge in [0.05, 0.1) is 6.04 Å². The fourth-order valence-corrected chi connectivity index (χ4v) is 2.55. The average Bonchev–Trinajstić information content (AvgIpc) is 2.64. The van der Waals surface area contributed by atoms with E-state index in [9.17, 15) is 4.79 Å². The monoisotopic (exact) mass is 260 g/mol. The van der Waals surface area contributed by atoms with Crippen LogP contribution in [0.1, 0.15) is 51.9 Å². The molecule has 3 nitrogen and oxygen atoms in total. The Morgan fingerprint density at radius 3 is 2.26 bits per heavy atom. The van der Waals surface area contributed by atoms with Crippen LogP contribution in [-0.4, -0.2) is 23.4 Å². The maximum absolute atomic E-state index is 12.0. The number of amides is 1. The maximum atomic E-state index is 12.0. The van der Waals surface area contributed by atoms with Gasteiger partial charge in [-0.3, -0.25) is 10.1 Å². The minimum Gasteiger partial charge on any atom is -0.322 e. The van der Waals surface area contributed by atoms with Crippen molar-refractivity contribution in [2.45, 2.75) is 52.2 Å². The summed E-state index contributed by atoms with van der Waals surface area (Å²) in [6.07, 6.45) is 0.0153. The number of hydrogen-bond donors (Lipinski definition) is 1. The Kier molecular flexibility index (Phi) is 3.68. The van der Waals surface area contributed by atoms with Crippen molar-refractivity contribution in [1.82, 2.24) is 10.2 Å². The summed E-state index contributed by atoms with van der Waals surface area (Å²) in [7, 11) is 0. The summed E-state index contributed by atoms with van der Waals surface area (Å²) in [5.74, 6) is 0.187. The molecule has 1 aromatic carbocycles. The molecule has 1 aliphatic rings. The van der Waals surface area contributed by atoms with Crippen LogP contribution in [0.15, 0.2) is 24.3 Å². The Balaban J connectivity index is 2.25. The molecular formula is C16H24N2O. The number of rotatable bonds is 2. The Labute approximate surface area is 116 Å². The molecule has 1 amide bonds. The molecule has 0 bridgehead atoms. The second-order valence-electron chi connectivity index (χ2n) is 6.29. The molecule has 0 aliphatic carbocycles. The zero-order valence-electron chi connectivity index (χ0n) is 12.5. The van der Waals surface area contributed by atoms with Crippen molar-refractivity contribution in [2.75, 3.05) is 6.54 Å². The Morgan fingerprint density at radius 1 is 1.21 bits per heavy atom. The molecule has 1 aromatic rings. The molecule has 104 valence electrons. The highest BCUT2D eigenvalue weighted by Gasteiger charge is 2.35. The van der Waals surface area contributed by atoms with Crippen LogP contribution < -0.4 is 5.32 Å². The van der Waals surface area contributed by atoms with E-state index in [0.29, 0.717) is 0 Å². The van der Waals surface area contributed by atoms with Gasteiger partial charge in [-0.2, -0.15) is 0 Å². The zero-order chi connectivity index (χ0) is 14.2. The van der Waals surface area contributed by atoms with E-state index in [1.807, 2.05) is 18.7 Å². The standard InChI is InChI=1S/C16H24N2O/c1-6-18-14(17-11(2)15(18)19)12-7-9-13(10-8-12)16(3,4)5/h7-11,14,17H,6H2,1-5H3. The van der Waals surface area contributed by atoms with Gasteiger partial charge in [0, 0.05) is 6.54 Å². The predicted octanol–water partition coefficient (Wildman–Crippen LogP) is 2.82. The first-order valence-corrected chi connectivity index (χ1v) is 7.01. The van der Waals surface area contributed by atoms with E-state index in [1.54, 1.807) is 0 Å². The van der Waals surface area contributed by atoms with Gasteiger partial charge in [0.2, 0.25) is 5.91 Å². The first-order chi connectivity index (χ1) is 8.84. The molecule has 0 spiro atoms. The van der Waals surface area contributed by atoms with Crippen LogP contribution in [0, 0.1) is 0 Å². The number of hydrogen-bond acceptors (Lipinski definition) is 2. The predicted molar refractivity (Wildman–Crippen MR) is 77.9 cm³/mol. The van der Waals surface area contributed by atoms with E-state index in [4.69, 9.17) is 0 Å². The van der Waals surface area contributed by atoms with Crippen molar-refractivity contribution in [3.8, 4) is 0 Å². The summed E-state index contributed by atoms with van der Waals surface area (Å²) in [4.78, 5) is 13.9. The highest BCUT2D eigenvalue weighted by Crippen LogP contribution is 2.28. The van der Waals surface area contributed by atoms with Crippen molar-refractivity contribution >= 4 is 5.91 Å². The first kappa shape index (κ1) is 14.1. The quantitative estimate of drug-likeness (QED) is 0.887. The van der Waals surface area contributed by atoms with Gasteiger partial charge < -0.3 is 4.90 Å². The Morgan fingerprint density at radius 2 is 1.79 bits per heavy atom. The Hall–Kier alpha value is -1.35. The summed E-state index contributed by atoms with van der Waals surface area (Å²) in [6.45, 7) is 11.3. The summed E-state index contributed by atoms with van der Waals surface area (Å²) in [6, 6.07) is 8.50. The molecule has 1 N–H and O–H groups in total. The summed E-state index contributed by atoms with van der Waals surface area (Å²) in [5.41, 5.74) is 2.64. The zero-order valence-corrected chi connectivity index (χ0v) is 12.5. The molecule has 1 heterocycles. The second kappa shape index (κ2) is 4.97. The van der Waals surface area contributed by atoms with Gasteiger partial charge in [-0.15, -0.1) is 0 Å². The number of carbonyl (C=O) groups is 1. The van der Waals surface area contributed by atoms with Crippen LogP contribution >= 0.6 is 0 Å². The summed E-state index contributed by atoms with van der Waals surface area (Å²) >= 11 is 0. The van der Waals surface area contributed by atoms with E-state index in [-0.39, 0.29) is 23.5 Å². The largest absolute Gasteiger partial charge is 0.322 e. The van der Waals surface area contributed by atoms with Gasteiger partial charge in [0.25, 0.3) is 0 Å². The van der Waals surface area contributed by atoms with Gasteiger partial charge in [-0.05, 0) is 30.4 Å². The molecule has 0 radical (unpaired) electrons. The fourth-order valence-electron chi connectivity index (χ4n) is 2.55. The normalized spacial score (nSPS) is 24.1. The minimum absolute atomic E-state index is 0.0153. The van der Waals surface area contributed by atoms with Crippen LogP contribution in [0.5, 0.6) is 0 Å². The van der Waals surface area contributed by atoms with Gasteiger partial charge in [0.1, 0.15) is 6.17 Å². The van der Waals surface area contributed by atoms with Crippen molar-refractivity contribution in [1.29, 1.82) is 0 Å². The number of benzene rings is 1. The van der Waals surface area contributed by atoms with Crippen molar-refractivity contribution < 1.29 is 4.79 Å². The van der Waals surface area contributed by atoms with Crippen LogP contribution in [0.4, 0.5) is 0 Å². The van der Waals surface area contributed by atoms with Crippen LogP contribution in [-0.2, 0) is 10.2 Å². The van der Waals surface area contributed by atoms with Gasteiger partial charge in [-0.25, -0.2) is 0 Å². The summed E-state index contributed by atoms with van der Waals surface area (Å²) in [5, 5.41) is 3.36. The maximum Gasteiger partial charge on any atom is 0.241 e. The van der Waals surface area contributed by atoms with Gasteiger partial charge in [-0.1, -0.05) is 45.0 Å². The lowest BCUT2D eigenvalue weighted by Gasteiger charge is -2.24. The molecule has 1 fully saturated rings. The number of likely N-dealkylation sites (N-methyl/N-ethyl adjacent to an activating group) is 1. The average molecular weight is 260 g/mol. The molecule has 3 heteroatoms. The lowest BCUT2D eigenvalue weighted by molar-refractivity contribution is -0.129. The third kappa shape index (κ3) is 2.66. The fraction of sp³-hybridized carbons (Fsp3) is 0.562. The third-order valence-corrected chi connectivity index (χ3v) is 3.81. The molecule has 1 aliphatic heterocycles. The molecule has 1 saturated heterocycles. The van der Waals surface area contributed by atoms with Crippen molar-refractivity contribution in [2.24, 2.45) is 0 Å². The van der Waals surface area contributed by atoms with Crippen LogP contribution in [0.3, 0.4) is 0 Å². The SMILES string of the molecule is CCN1C(=O)C(C)NC1c1ccc(C(C)(C)C)cc1. The molecular weight excluding hydrogens is 236 g/mol. The van der Waals surface area contributed by atoms with Gasteiger partial charge in [0.15, 0.2) is 0 Å². The van der Waals surface area contributed by atoms with E-state index in [2.05, 4.69) is 50.4 Å². The molecule has 19 heavy (non-hydrogen) atoms. The van der Waals surface area contributed by atoms with Crippen molar-refractivity contribution in [3.05, 3.63) is 35.4 Å². The molecule has 2 unspecified atom stereocenters. The van der Waals surface area contributed by atoms with E-state index in [1.165, 1.54) is 5.56 Å². The van der Waals surface area contributed by atoms with E-state index < -0.39 is 0 Å². The number of nitrogens with zero attached hydrogens (tertiary/aromatic N) is 1. The summed E-state index contributed by atoms with van der Waals surface area (Å²) < 4.78 is 0. The minimum atomic E-state index is -0.0905. The highest BCUT2D eigenvalue weighted by molar-refractivity contribution is 5.84. The smallest absolute Gasteiger partial charge is 0.241 e. The van der Waals surface area contributed by atoms with Crippen molar-refractivity contribution in [3.63, 3.8) is 0 Å². The topological polar surface area (TPSA) is 32.3 Å². The molecule has 0 saturated carbocycles. The van der Waals surface area contributed by atoms with E-state index in [0.717, 1.165) is 12.1 Å². The molecule has 2 atom stereocenters. The number of carbonyl (C=O) groups excluding carboxylic acids is 1. The Bertz CT molecular complexity index is 459. The second-order valence-corrected chi connectivity index (χ2v) is 6.29. The highest BCUT2D eigenvalue weighted by atomic mass is 16.2. The van der Waals surface area contributed by atoms with Crippen LogP contribution in [0.25, 0.3) is 0 Å². The lowest BCUT2D eigenvalue weighted by atomic mass is 9.86. The first-order valence-electron chi connectivity index (χ1n) is 7.01. The van der Waals surface area contributed by atoms with E-state index >= 15 is 0 Å². The van der Waals surface area contributed by atoms with Gasteiger partial charge >= 0.3 is 0 Å². The molecule has 0 aromatic heterocycles. The lowest BCUT2D eigenvalue weighted by Crippen LogP contribution is -2.30. The molecule has 2 rings (SSSR count). The van der Waals surface area contributed by atoms with Crippen LogP contribution in [0.2, 0.25) is 0 Å².